The van der Waals surface area contributed by atoms with Crippen LogP contribution in [0.25, 0.3) is 0 Å². The van der Waals surface area contributed by atoms with Crippen LogP contribution in [0.2, 0.25) is 5.04 Å². The lowest BCUT2D eigenvalue weighted by Crippen LogP contribution is -2.65. The van der Waals surface area contributed by atoms with Crippen LogP contribution in [0.4, 0.5) is 0 Å². The first kappa shape index (κ1) is 29.8. The SMILES string of the molecule is CC1=CC[C@H]2[C@H](CCC(C)(C)[Si](O)(c3ccccc3)c3ccccc3)[C@@H]([C@@]3(C)CC[C@H](O)C[C@@H]3CO)CC[C@]12C. The summed E-state index contributed by atoms with van der Waals surface area (Å²) in [5, 5.41) is 22.9. The van der Waals surface area contributed by atoms with Crippen molar-refractivity contribution in [3.63, 3.8) is 0 Å². The van der Waals surface area contributed by atoms with E-state index in [2.05, 4.69) is 89.2 Å². The molecule has 0 unspecified atom stereocenters. The Kier molecular flexibility index (Phi) is 8.31. The Balaban J connectivity index is 1.50. The second-order valence-electron chi connectivity index (χ2n) is 14.6. The van der Waals surface area contributed by atoms with Gasteiger partial charge in [0.05, 0.1) is 6.10 Å². The largest absolute Gasteiger partial charge is 0.424 e. The molecule has 0 radical (unpaired) electrons. The van der Waals surface area contributed by atoms with Gasteiger partial charge in [-0.3, -0.25) is 0 Å². The van der Waals surface area contributed by atoms with Crippen LogP contribution in [0.3, 0.4) is 0 Å². The highest BCUT2D eigenvalue weighted by Gasteiger charge is 2.57. The van der Waals surface area contributed by atoms with Gasteiger partial charge in [-0.05, 0) is 108 Å². The lowest BCUT2D eigenvalue weighted by molar-refractivity contribution is -0.0976. The number of aliphatic hydroxyl groups is 2. The van der Waals surface area contributed by atoms with Crippen LogP contribution < -0.4 is 10.4 Å². The Morgan fingerprint density at radius 2 is 1.50 bits per heavy atom. The maximum atomic E-state index is 12.8. The van der Waals surface area contributed by atoms with Crippen molar-refractivity contribution < 1.29 is 15.0 Å². The number of aliphatic hydroxyl groups excluding tert-OH is 2. The van der Waals surface area contributed by atoms with Gasteiger partial charge in [-0.25, -0.2) is 0 Å². The van der Waals surface area contributed by atoms with Crippen molar-refractivity contribution in [2.24, 2.45) is 34.5 Å². The molecule has 3 aliphatic carbocycles. The standard InChI is InChI=1S/C36H52O3Si/c1-26-16-17-32-31(33(20-23-35(26,32)4)36(5)22-18-28(38)24-27(36)25-37)19-21-34(2,3)40(39,29-12-8-6-9-13-29)30-14-10-7-11-15-30/h6-16,27-28,31-33,37-39H,17-25H2,1-5H3/t27-,28+,31+,32+,33+,35-,36+/m1/s1. The summed E-state index contributed by atoms with van der Waals surface area (Å²) in [6.07, 6.45) is 10.4. The fraction of sp³-hybridized carbons (Fsp3) is 0.611. The van der Waals surface area contributed by atoms with Crippen molar-refractivity contribution in [3.05, 3.63) is 72.3 Å². The second-order valence-corrected chi connectivity index (χ2v) is 18.6. The van der Waals surface area contributed by atoms with E-state index in [-0.39, 0.29) is 34.5 Å². The highest BCUT2D eigenvalue weighted by molar-refractivity contribution is 6.98. The van der Waals surface area contributed by atoms with Gasteiger partial charge >= 0.3 is 0 Å². The minimum atomic E-state index is -3.08. The Labute approximate surface area is 243 Å². The second kappa shape index (κ2) is 11.2. The molecular weight excluding hydrogens is 508 g/mol. The number of fused-ring (bicyclic) bond motifs is 1. The van der Waals surface area contributed by atoms with E-state index in [0.717, 1.165) is 48.9 Å². The van der Waals surface area contributed by atoms with E-state index in [9.17, 15) is 15.0 Å². The van der Waals surface area contributed by atoms with Crippen molar-refractivity contribution in [3.8, 4) is 0 Å². The van der Waals surface area contributed by atoms with Crippen LogP contribution >= 0.6 is 0 Å². The van der Waals surface area contributed by atoms with E-state index in [1.807, 2.05) is 12.1 Å². The van der Waals surface area contributed by atoms with E-state index in [4.69, 9.17) is 0 Å². The molecule has 0 spiro atoms. The van der Waals surface area contributed by atoms with Gasteiger partial charge in [0.15, 0.2) is 0 Å². The highest BCUT2D eigenvalue weighted by atomic mass is 28.4. The van der Waals surface area contributed by atoms with Gasteiger partial charge < -0.3 is 15.0 Å². The van der Waals surface area contributed by atoms with E-state index < -0.39 is 8.32 Å². The third kappa shape index (κ3) is 4.87. The molecule has 4 heteroatoms. The van der Waals surface area contributed by atoms with Crippen LogP contribution in [0.5, 0.6) is 0 Å². The molecule has 3 N–H and O–H groups in total. The van der Waals surface area contributed by atoms with Crippen LogP contribution in [-0.2, 0) is 0 Å². The molecule has 218 valence electrons. The molecule has 0 aromatic heterocycles. The number of hydrogen-bond acceptors (Lipinski definition) is 3. The summed E-state index contributed by atoms with van der Waals surface area (Å²) in [4.78, 5) is 12.8. The smallest absolute Gasteiger partial charge is 0.258 e. The van der Waals surface area contributed by atoms with Gasteiger partial charge in [0, 0.05) is 6.61 Å². The summed E-state index contributed by atoms with van der Waals surface area (Å²) >= 11 is 0. The molecular formula is C36H52O3Si. The zero-order valence-corrected chi connectivity index (χ0v) is 26.4. The van der Waals surface area contributed by atoms with Crippen molar-refractivity contribution in [2.45, 2.75) is 97.1 Å². The lowest BCUT2D eigenvalue weighted by atomic mass is 9.48. The molecule has 2 saturated carbocycles. The lowest BCUT2D eigenvalue weighted by Gasteiger charge is -2.57. The zero-order valence-electron chi connectivity index (χ0n) is 25.4. The van der Waals surface area contributed by atoms with Crippen LogP contribution in [0.15, 0.2) is 72.3 Å². The molecule has 5 rings (SSSR count). The minimum absolute atomic E-state index is 0.0349. The maximum absolute atomic E-state index is 12.8. The quantitative estimate of drug-likeness (QED) is 0.257. The Morgan fingerprint density at radius 1 is 0.900 bits per heavy atom. The van der Waals surface area contributed by atoms with Crippen LogP contribution in [0.1, 0.15) is 86.0 Å². The summed E-state index contributed by atoms with van der Waals surface area (Å²) in [7, 11) is -3.08. The topological polar surface area (TPSA) is 60.7 Å². The molecule has 40 heavy (non-hydrogen) atoms. The Morgan fingerprint density at radius 3 is 2.08 bits per heavy atom. The summed E-state index contributed by atoms with van der Waals surface area (Å²) in [6.45, 7) is 12.1. The number of allylic oxidation sites excluding steroid dienone is 2. The average molecular weight is 561 g/mol. The third-order valence-corrected chi connectivity index (χ3v) is 17.0. The normalized spacial score (nSPS) is 34.8. The number of rotatable bonds is 8. The molecule has 0 saturated heterocycles. The molecule has 2 aromatic rings. The fourth-order valence-corrected chi connectivity index (χ4v) is 13.2. The van der Waals surface area contributed by atoms with Gasteiger partial charge in [-0.2, -0.15) is 0 Å². The van der Waals surface area contributed by atoms with Gasteiger partial charge in [0.2, 0.25) is 0 Å². The van der Waals surface area contributed by atoms with Gasteiger partial charge in [0.25, 0.3) is 8.32 Å². The van der Waals surface area contributed by atoms with Gasteiger partial charge in [-0.15, -0.1) is 0 Å². The van der Waals surface area contributed by atoms with Crippen molar-refractivity contribution in [2.75, 3.05) is 6.61 Å². The van der Waals surface area contributed by atoms with Crippen molar-refractivity contribution >= 4 is 18.7 Å². The summed E-state index contributed by atoms with van der Waals surface area (Å²) in [5.74, 6) is 1.81. The molecule has 7 atom stereocenters. The molecule has 0 bridgehead atoms. The predicted octanol–water partition coefficient (Wildman–Crippen LogP) is 6.46. The van der Waals surface area contributed by atoms with Crippen molar-refractivity contribution in [1.82, 2.24) is 0 Å². The predicted molar refractivity (Wildman–Crippen MR) is 168 cm³/mol. The molecule has 2 aromatic carbocycles. The van der Waals surface area contributed by atoms with Crippen LogP contribution in [-0.4, -0.2) is 36.0 Å². The van der Waals surface area contributed by atoms with Crippen LogP contribution in [0, 0.1) is 34.5 Å². The first-order chi connectivity index (χ1) is 19.0. The highest BCUT2D eigenvalue weighted by Crippen LogP contribution is 2.63. The van der Waals surface area contributed by atoms with E-state index in [1.54, 1.807) is 5.57 Å². The Bertz CT molecular complexity index is 1140. The van der Waals surface area contributed by atoms with Crippen molar-refractivity contribution in [1.29, 1.82) is 0 Å². The first-order valence-electron chi connectivity index (χ1n) is 15.8. The Hall–Kier alpha value is -1.72. The summed E-state index contributed by atoms with van der Waals surface area (Å²) < 4.78 is 0. The molecule has 3 nitrogen and oxygen atoms in total. The number of benzene rings is 2. The zero-order chi connectivity index (χ0) is 28.8. The third-order valence-electron chi connectivity index (χ3n) is 12.4. The monoisotopic (exact) mass is 560 g/mol. The fourth-order valence-electron chi connectivity index (χ4n) is 9.47. The maximum Gasteiger partial charge on any atom is 0.258 e. The molecule has 0 aliphatic heterocycles. The average Bonchev–Trinajstić information content (AvgIpc) is 3.27. The first-order valence-corrected chi connectivity index (χ1v) is 17.7. The minimum Gasteiger partial charge on any atom is -0.424 e. The molecule has 3 aliphatic rings. The molecule has 0 heterocycles. The molecule has 2 fully saturated rings. The van der Waals surface area contributed by atoms with Gasteiger partial charge in [0.1, 0.15) is 0 Å². The van der Waals surface area contributed by atoms with Gasteiger partial charge in [-0.1, -0.05) is 100 Å². The number of hydrogen-bond donors (Lipinski definition) is 3. The van der Waals surface area contributed by atoms with E-state index >= 15 is 0 Å². The van der Waals surface area contributed by atoms with E-state index in [1.165, 1.54) is 12.8 Å². The van der Waals surface area contributed by atoms with E-state index in [0.29, 0.717) is 17.8 Å². The summed E-state index contributed by atoms with van der Waals surface area (Å²) in [5.41, 5.74) is 1.84. The molecule has 0 amide bonds. The summed E-state index contributed by atoms with van der Waals surface area (Å²) in [6, 6.07) is 20.9.